The van der Waals surface area contributed by atoms with E-state index in [4.69, 9.17) is 5.73 Å². The molecule has 6 heteroatoms. The van der Waals surface area contributed by atoms with Crippen LogP contribution in [-0.4, -0.2) is 35.5 Å². The van der Waals surface area contributed by atoms with Gasteiger partial charge in [0, 0.05) is 25.1 Å². The molecule has 0 spiro atoms. The summed E-state index contributed by atoms with van der Waals surface area (Å²) in [6.45, 7) is 4.25. The molecule has 0 atom stereocenters. The third-order valence-corrected chi connectivity index (χ3v) is 3.36. The van der Waals surface area contributed by atoms with Crippen LogP contribution in [0.1, 0.15) is 37.6 Å². The lowest BCUT2D eigenvalue weighted by atomic mass is 10.2. The largest absolute Gasteiger partial charge is 0.383 e. The van der Waals surface area contributed by atoms with Gasteiger partial charge >= 0.3 is 0 Å². The number of nitrogen functional groups attached to an aromatic ring is 1. The Hall–Kier alpha value is -1.85. The van der Waals surface area contributed by atoms with Gasteiger partial charge in [-0.25, -0.2) is 9.97 Å². The highest BCUT2D eigenvalue weighted by atomic mass is 16.2. The number of rotatable bonds is 6. The quantitative estimate of drug-likeness (QED) is 0.811. The third kappa shape index (κ3) is 3.59. The molecule has 1 aromatic heterocycles. The molecule has 1 aliphatic rings. The van der Waals surface area contributed by atoms with E-state index in [0.29, 0.717) is 18.4 Å². The summed E-state index contributed by atoms with van der Waals surface area (Å²) in [5, 5.41) is 2.97. The fourth-order valence-electron chi connectivity index (χ4n) is 2.07. The maximum atomic E-state index is 11.9. The van der Waals surface area contributed by atoms with Gasteiger partial charge in [-0.3, -0.25) is 4.79 Å². The highest BCUT2D eigenvalue weighted by Gasteiger charge is 2.24. The lowest BCUT2D eigenvalue weighted by molar-refractivity contribution is -0.119. The molecule has 20 heavy (non-hydrogen) atoms. The summed E-state index contributed by atoms with van der Waals surface area (Å²) in [6, 6.07) is 0.378. The molecule has 1 fully saturated rings. The van der Waals surface area contributed by atoms with Crippen molar-refractivity contribution in [3.8, 4) is 0 Å². The fourth-order valence-corrected chi connectivity index (χ4v) is 2.07. The van der Waals surface area contributed by atoms with Crippen LogP contribution in [0.25, 0.3) is 0 Å². The van der Waals surface area contributed by atoms with Gasteiger partial charge in [0.2, 0.25) is 5.91 Å². The second-order valence-electron chi connectivity index (χ2n) is 5.42. The van der Waals surface area contributed by atoms with E-state index < -0.39 is 0 Å². The number of amides is 1. The number of aryl methyl sites for hydroxylation is 1. The molecule has 110 valence electrons. The molecule has 1 heterocycles. The Bertz CT molecular complexity index is 499. The summed E-state index contributed by atoms with van der Waals surface area (Å²) in [4.78, 5) is 22.5. The minimum absolute atomic E-state index is 0.0311. The number of carbonyl (C=O) groups excluding carboxylic acids is 1. The molecular weight excluding hydrogens is 254 g/mol. The maximum Gasteiger partial charge on any atom is 0.239 e. The predicted molar refractivity (Wildman–Crippen MR) is 79.6 cm³/mol. The molecule has 0 unspecified atom stereocenters. The predicted octanol–water partition coefficient (Wildman–Crippen LogP) is 1.03. The Balaban J connectivity index is 2.10. The van der Waals surface area contributed by atoms with Crippen LogP contribution >= 0.6 is 0 Å². The minimum atomic E-state index is 0.0311. The number of nitrogens with one attached hydrogen (secondary N) is 1. The van der Waals surface area contributed by atoms with Gasteiger partial charge in [0.05, 0.1) is 6.54 Å². The number of nitrogens with zero attached hydrogens (tertiary/aromatic N) is 3. The average molecular weight is 277 g/mol. The first-order chi connectivity index (χ1) is 9.51. The van der Waals surface area contributed by atoms with Gasteiger partial charge in [-0.05, 0) is 26.2 Å². The number of anilines is 2. The average Bonchev–Trinajstić information content (AvgIpc) is 3.17. The molecule has 0 radical (unpaired) electrons. The van der Waals surface area contributed by atoms with Crippen molar-refractivity contribution in [1.29, 1.82) is 0 Å². The van der Waals surface area contributed by atoms with E-state index in [2.05, 4.69) is 22.2 Å². The van der Waals surface area contributed by atoms with Crippen LogP contribution in [0.3, 0.4) is 0 Å². The Morgan fingerprint density at radius 2 is 2.15 bits per heavy atom. The summed E-state index contributed by atoms with van der Waals surface area (Å²) < 4.78 is 0. The minimum Gasteiger partial charge on any atom is -0.383 e. The molecule has 3 N–H and O–H groups in total. The SMILES string of the molecule is CCCc1nc(N)c(C)c(N(C)CC(=O)NC2CC2)n1. The van der Waals surface area contributed by atoms with Crippen molar-refractivity contribution in [1.82, 2.24) is 15.3 Å². The molecule has 0 bridgehead atoms. The highest BCUT2D eigenvalue weighted by molar-refractivity contribution is 5.81. The van der Waals surface area contributed by atoms with Crippen LogP contribution in [0.2, 0.25) is 0 Å². The first-order valence-electron chi connectivity index (χ1n) is 7.14. The molecule has 1 aromatic rings. The zero-order chi connectivity index (χ0) is 14.7. The molecule has 0 aromatic carbocycles. The molecule has 1 saturated carbocycles. The van der Waals surface area contributed by atoms with Crippen molar-refractivity contribution < 1.29 is 4.79 Å². The Labute approximate surface area is 119 Å². The number of hydrogen-bond acceptors (Lipinski definition) is 5. The van der Waals surface area contributed by atoms with Crippen LogP contribution in [0.4, 0.5) is 11.6 Å². The summed E-state index contributed by atoms with van der Waals surface area (Å²) in [7, 11) is 1.86. The van der Waals surface area contributed by atoms with E-state index >= 15 is 0 Å². The normalized spacial score (nSPS) is 14.2. The summed E-state index contributed by atoms with van der Waals surface area (Å²) >= 11 is 0. The summed E-state index contributed by atoms with van der Waals surface area (Å²) in [5.41, 5.74) is 6.76. The molecule has 1 amide bonds. The third-order valence-electron chi connectivity index (χ3n) is 3.36. The van der Waals surface area contributed by atoms with Crippen LogP contribution in [0.5, 0.6) is 0 Å². The summed E-state index contributed by atoms with van der Waals surface area (Å²) in [5.74, 6) is 2.00. The molecule has 2 rings (SSSR count). The first kappa shape index (κ1) is 14.6. The van der Waals surface area contributed by atoms with Crippen molar-refractivity contribution in [2.24, 2.45) is 0 Å². The van der Waals surface area contributed by atoms with Crippen LogP contribution < -0.4 is 16.0 Å². The van der Waals surface area contributed by atoms with Gasteiger partial charge in [0.25, 0.3) is 0 Å². The second-order valence-corrected chi connectivity index (χ2v) is 5.42. The van der Waals surface area contributed by atoms with Crippen LogP contribution in [0.15, 0.2) is 0 Å². The zero-order valence-corrected chi connectivity index (χ0v) is 12.4. The van der Waals surface area contributed by atoms with E-state index in [1.165, 1.54) is 0 Å². The lowest BCUT2D eigenvalue weighted by Crippen LogP contribution is -2.37. The van der Waals surface area contributed by atoms with Crippen molar-refractivity contribution in [2.45, 2.75) is 45.6 Å². The van der Waals surface area contributed by atoms with E-state index in [9.17, 15) is 4.79 Å². The number of nitrogens with two attached hydrogens (primary N) is 1. The fraction of sp³-hybridized carbons (Fsp3) is 0.643. The number of hydrogen-bond donors (Lipinski definition) is 2. The molecule has 0 aliphatic heterocycles. The van der Waals surface area contributed by atoms with E-state index in [0.717, 1.165) is 42.9 Å². The smallest absolute Gasteiger partial charge is 0.239 e. The van der Waals surface area contributed by atoms with Gasteiger partial charge in [-0.2, -0.15) is 0 Å². The van der Waals surface area contributed by atoms with Crippen LogP contribution in [-0.2, 0) is 11.2 Å². The van der Waals surface area contributed by atoms with Crippen molar-refractivity contribution in [3.05, 3.63) is 11.4 Å². The zero-order valence-electron chi connectivity index (χ0n) is 12.4. The Kier molecular flexibility index (Phi) is 4.42. The van der Waals surface area contributed by atoms with E-state index in [-0.39, 0.29) is 5.91 Å². The number of carbonyl (C=O) groups is 1. The standard InChI is InChI=1S/C14H23N5O/c1-4-5-11-17-13(15)9(2)14(18-11)19(3)8-12(20)16-10-6-7-10/h10H,4-8H2,1-3H3,(H,16,20)(H2,15,17,18). The lowest BCUT2D eigenvalue weighted by Gasteiger charge is -2.21. The molecule has 1 aliphatic carbocycles. The van der Waals surface area contributed by atoms with Gasteiger partial charge in [0.1, 0.15) is 17.5 Å². The van der Waals surface area contributed by atoms with Crippen molar-refractivity contribution >= 4 is 17.5 Å². The Morgan fingerprint density at radius 3 is 2.75 bits per heavy atom. The van der Waals surface area contributed by atoms with E-state index in [1.807, 2.05) is 18.9 Å². The molecular formula is C14H23N5O. The number of likely N-dealkylation sites (N-methyl/N-ethyl adjacent to an activating group) is 1. The second kappa shape index (κ2) is 6.07. The molecule has 0 saturated heterocycles. The topological polar surface area (TPSA) is 84.1 Å². The highest BCUT2D eigenvalue weighted by Crippen LogP contribution is 2.21. The summed E-state index contributed by atoms with van der Waals surface area (Å²) in [6.07, 6.45) is 3.94. The first-order valence-corrected chi connectivity index (χ1v) is 7.14. The van der Waals surface area contributed by atoms with Crippen molar-refractivity contribution in [3.63, 3.8) is 0 Å². The Morgan fingerprint density at radius 1 is 1.45 bits per heavy atom. The maximum absolute atomic E-state index is 11.9. The van der Waals surface area contributed by atoms with Crippen LogP contribution in [0, 0.1) is 6.92 Å². The number of aromatic nitrogens is 2. The van der Waals surface area contributed by atoms with Crippen molar-refractivity contribution in [2.75, 3.05) is 24.2 Å². The van der Waals surface area contributed by atoms with E-state index in [1.54, 1.807) is 0 Å². The van der Waals surface area contributed by atoms with Gasteiger partial charge in [0.15, 0.2) is 0 Å². The van der Waals surface area contributed by atoms with Gasteiger partial charge in [-0.15, -0.1) is 0 Å². The van der Waals surface area contributed by atoms with Gasteiger partial charge < -0.3 is 16.0 Å². The monoisotopic (exact) mass is 277 g/mol. The molecule has 6 nitrogen and oxygen atoms in total. The van der Waals surface area contributed by atoms with Gasteiger partial charge in [-0.1, -0.05) is 6.92 Å².